The summed E-state index contributed by atoms with van der Waals surface area (Å²) >= 11 is 0. The maximum absolute atomic E-state index is 13.4. The van der Waals surface area contributed by atoms with E-state index in [4.69, 9.17) is 26.8 Å². The number of imidazole rings is 1. The van der Waals surface area contributed by atoms with E-state index in [9.17, 15) is 22.8 Å². The fraction of sp³-hybridized carbons (Fsp3) is 0.296. The SMILES string of the molecule is CCc1cc(Nc2nccn3c(-c4c[nH]nc4C(F)(F)F)cnc23)ccc1C(=O)NCCCNC(=O)[C@@H](N)CNC(=N)N.O=CO. The molecule has 4 aromatic rings. The number of aromatic amines is 1. The molecule has 11 N–H and O–H groups in total. The average Bonchev–Trinajstić information content (AvgIpc) is 3.68. The molecule has 46 heavy (non-hydrogen) atoms. The van der Waals surface area contributed by atoms with Crippen LogP contribution in [-0.4, -0.2) is 79.6 Å². The second-order valence-electron chi connectivity index (χ2n) is 9.52. The van der Waals surface area contributed by atoms with Crippen molar-refractivity contribution in [1.82, 2.24) is 40.5 Å². The summed E-state index contributed by atoms with van der Waals surface area (Å²) in [6, 6.07) is 4.28. The third-order valence-corrected chi connectivity index (χ3v) is 6.39. The minimum atomic E-state index is -4.64. The normalized spacial score (nSPS) is 11.6. The molecule has 0 saturated heterocycles. The number of aromatic nitrogens is 5. The zero-order valence-corrected chi connectivity index (χ0v) is 24.5. The summed E-state index contributed by atoms with van der Waals surface area (Å²) in [7, 11) is 0. The number of nitrogens with one attached hydrogen (secondary N) is 6. The molecule has 19 heteroatoms. The van der Waals surface area contributed by atoms with Crippen LogP contribution in [0.5, 0.6) is 0 Å². The number of guanidine groups is 1. The number of hydrogen-bond donors (Lipinski definition) is 9. The van der Waals surface area contributed by atoms with Crippen LogP contribution in [0.2, 0.25) is 0 Å². The highest BCUT2D eigenvalue weighted by Gasteiger charge is 2.37. The molecule has 3 aromatic heterocycles. The maximum Gasteiger partial charge on any atom is 0.435 e. The Morgan fingerprint density at radius 2 is 1.91 bits per heavy atom. The molecule has 0 unspecified atom stereocenters. The highest BCUT2D eigenvalue weighted by molar-refractivity contribution is 5.96. The van der Waals surface area contributed by atoms with Gasteiger partial charge < -0.3 is 37.8 Å². The van der Waals surface area contributed by atoms with Gasteiger partial charge in [-0.25, -0.2) is 9.97 Å². The van der Waals surface area contributed by atoms with Gasteiger partial charge in [-0.05, 0) is 36.6 Å². The van der Waals surface area contributed by atoms with Gasteiger partial charge in [-0.3, -0.25) is 29.3 Å². The number of aryl methyl sites for hydroxylation is 1. The molecule has 16 nitrogen and oxygen atoms in total. The van der Waals surface area contributed by atoms with Gasteiger partial charge in [0.25, 0.3) is 12.4 Å². The molecule has 0 aliphatic heterocycles. The first-order chi connectivity index (χ1) is 21.9. The zero-order valence-electron chi connectivity index (χ0n) is 24.5. The van der Waals surface area contributed by atoms with Crippen molar-refractivity contribution >= 4 is 41.4 Å². The Balaban J connectivity index is 0.00000185. The van der Waals surface area contributed by atoms with E-state index in [2.05, 4.69) is 41.4 Å². The van der Waals surface area contributed by atoms with Gasteiger partial charge in [0.15, 0.2) is 23.1 Å². The van der Waals surface area contributed by atoms with Crippen molar-refractivity contribution in [2.75, 3.05) is 25.0 Å². The minimum absolute atomic E-state index is 0.0327. The van der Waals surface area contributed by atoms with Crippen LogP contribution in [0.25, 0.3) is 16.9 Å². The Hall–Kier alpha value is -5.72. The number of alkyl halides is 3. The number of fused-ring (bicyclic) bond motifs is 1. The molecule has 0 aliphatic rings. The van der Waals surface area contributed by atoms with E-state index in [-0.39, 0.29) is 36.1 Å². The summed E-state index contributed by atoms with van der Waals surface area (Å²) in [4.78, 5) is 41.8. The lowest BCUT2D eigenvalue weighted by Crippen LogP contribution is -2.49. The first-order valence-electron chi connectivity index (χ1n) is 13.7. The Morgan fingerprint density at radius 1 is 1.20 bits per heavy atom. The topological polar surface area (TPSA) is 254 Å². The van der Waals surface area contributed by atoms with Gasteiger partial charge in [-0.15, -0.1) is 0 Å². The maximum atomic E-state index is 13.4. The molecular formula is C27H33F3N12O4. The molecule has 0 spiro atoms. The first kappa shape index (κ1) is 34.8. The number of halogens is 3. The van der Waals surface area contributed by atoms with E-state index in [0.717, 1.165) is 5.56 Å². The van der Waals surface area contributed by atoms with Crippen molar-refractivity contribution in [1.29, 1.82) is 5.41 Å². The first-order valence-corrected chi connectivity index (χ1v) is 13.7. The quantitative estimate of drug-likeness (QED) is 0.0457. The summed E-state index contributed by atoms with van der Waals surface area (Å²) in [5, 5.41) is 30.7. The van der Waals surface area contributed by atoms with E-state index in [0.29, 0.717) is 48.6 Å². The smallest absolute Gasteiger partial charge is 0.435 e. The number of benzene rings is 1. The van der Waals surface area contributed by atoms with Crippen LogP contribution in [0.15, 0.2) is 43.0 Å². The summed E-state index contributed by atoms with van der Waals surface area (Å²) in [5.41, 5.74) is 12.0. The van der Waals surface area contributed by atoms with Crippen LogP contribution in [0.4, 0.5) is 24.7 Å². The van der Waals surface area contributed by atoms with Crippen molar-refractivity contribution in [3.8, 4) is 11.3 Å². The Morgan fingerprint density at radius 3 is 2.59 bits per heavy atom. The van der Waals surface area contributed by atoms with E-state index >= 15 is 0 Å². The predicted molar refractivity (Wildman–Crippen MR) is 161 cm³/mol. The number of H-pyrrole nitrogens is 1. The van der Waals surface area contributed by atoms with E-state index in [1.807, 2.05) is 6.92 Å². The minimum Gasteiger partial charge on any atom is -0.483 e. The average molecular weight is 647 g/mol. The number of hydrogen-bond acceptors (Lipinski definition) is 9. The van der Waals surface area contributed by atoms with Gasteiger partial charge in [0.2, 0.25) is 5.91 Å². The fourth-order valence-electron chi connectivity index (χ4n) is 4.27. The number of nitrogens with two attached hydrogens (primary N) is 2. The molecule has 0 fully saturated rings. The summed E-state index contributed by atoms with van der Waals surface area (Å²) in [6.45, 7) is 2.29. The Bertz CT molecular complexity index is 1670. The van der Waals surface area contributed by atoms with E-state index in [1.54, 1.807) is 18.2 Å². The molecule has 0 aliphatic carbocycles. The summed E-state index contributed by atoms with van der Waals surface area (Å²) in [5.74, 6) is -0.653. The molecule has 1 atom stereocenters. The van der Waals surface area contributed by atoms with Gasteiger partial charge in [-0.2, -0.15) is 18.3 Å². The Kier molecular flexibility index (Phi) is 12.0. The zero-order chi connectivity index (χ0) is 33.9. The molecular weight excluding hydrogens is 613 g/mol. The number of rotatable bonds is 12. The molecule has 1 aromatic carbocycles. The molecule has 0 bridgehead atoms. The van der Waals surface area contributed by atoms with Crippen LogP contribution in [0.3, 0.4) is 0 Å². The number of carbonyl (C=O) groups excluding carboxylic acids is 2. The van der Waals surface area contributed by atoms with Crippen molar-refractivity contribution in [2.24, 2.45) is 11.5 Å². The number of anilines is 2. The standard InChI is InChI=1S/C26H31F3N12O2.CH2O2/c1-2-14-10-15(4-5-16(14)23(42)34-6-3-7-35-24(43)18(30)12-37-25(31)32)39-21-22-36-13-19(41(22)9-8-33-21)17-11-38-40-20(17)26(27,28)29;2-1-3/h4-5,8-11,13,18H,2-3,6-7,12,30H2,1H3,(H,33,39)(H,34,42)(H,35,43)(H,38,40)(H4,31,32,37);1H,(H,2,3)/t18-;/m0./s1. The van der Waals surface area contributed by atoms with Gasteiger partial charge in [0, 0.05) is 49.5 Å². The second-order valence-corrected chi connectivity index (χ2v) is 9.52. The van der Waals surface area contributed by atoms with Crippen LogP contribution < -0.4 is 32.7 Å². The fourth-order valence-corrected chi connectivity index (χ4v) is 4.27. The largest absolute Gasteiger partial charge is 0.483 e. The summed E-state index contributed by atoms with van der Waals surface area (Å²) < 4.78 is 41.7. The number of carboxylic acid groups (broad SMARTS) is 1. The van der Waals surface area contributed by atoms with Crippen LogP contribution in [0, 0.1) is 5.41 Å². The molecule has 0 saturated carbocycles. The van der Waals surface area contributed by atoms with Gasteiger partial charge in [0.1, 0.15) is 6.04 Å². The predicted octanol–water partition coefficient (Wildman–Crippen LogP) is 1.19. The van der Waals surface area contributed by atoms with E-state index < -0.39 is 23.8 Å². The lowest BCUT2D eigenvalue weighted by atomic mass is 10.0. The lowest BCUT2D eigenvalue weighted by Gasteiger charge is -2.14. The highest BCUT2D eigenvalue weighted by atomic mass is 19.4. The number of nitrogens with zero attached hydrogens (tertiary/aromatic N) is 4. The molecule has 0 radical (unpaired) electrons. The van der Waals surface area contributed by atoms with E-state index in [1.165, 1.54) is 29.2 Å². The van der Waals surface area contributed by atoms with Crippen molar-refractivity contribution in [2.45, 2.75) is 32.0 Å². The summed E-state index contributed by atoms with van der Waals surface area (Å²) in [6.07, 6.45) is 1.81. The number of amides is 2. The van der Waals surface area contributed by atoms with Crippen molar-refractivity contribution in [3.05, 3.63) is 59.8 Å². The molecule has 246 valence electrons. The highest BCUT2D eigenvalue weighted by Crippen LogP contribution is 2.36. The third-order valence-electron chi connectivity index (χ3n) is 6.39. The van der Waals surface area contributed by atoms with Crippen molar-refractivity contribution < 1.29 is 32.7 Å². The van der Waals surface area contributed by atoms with Crippen molar-refractivity contribution in [3.63, 3.8) is 0 Å². The van der Waals surface area contributed by atoms with Crippen LogP contribution >= 0.6 is 0 Å². The molecule has 2 amide bonds. The van der Waals surface area contributed by atoms with Gasteiger partial charge in [-0.1, -0.05) is 6.92 Å². The van der Waals surface area contributed by atoms with Gasteiger partial charge in [0.05, 0.1) is 17.5 Å². The lowest BCUT2D eigenvalue weighted by molar-refractivity contribution is -0.140. The Labute approximate surface area is 259 Å². The number of carbonyl (C=O) groups is 3. The third kappa shape index (κ3) is 8.91. The van der Waals surface area contributed by atoms with Crippen LogP contribution in [0.1, 0.15) is 35.0 Å². The molecule has 3 heterocycles. The van der Waals surface area contributed by atoms with Gasteiger partial charge >= 0.3 is 6.18 Å². The van der Waals surface area contributed by atoms with Crippen LogP contribution in [-0.2, 0) is 22.2 Å². The molecule has 4 rings (SSSR count). The monoisotopic (exact) mass is 646 g/mol. The second kappa shape index (κ2) is 15.8.